The van der Waals surface area contributed by atoms with Crippen LogP contribution in [0, 0.1) is 19.8 Å². The lowest BCUT2D eigenvalue weighted by atomic mass is 9.79. The average Bonchev–Trinajstić information content (AvgIpc) is 2.61. The number of hydrogen-bond acceptors (Lipinski definition) is 2. The lowest BCUT2D eigenvalue weighted by Crippen LogP contribution is -2.36. The molecule has 0 aromatic heterocycles. The van der Waals surface area contributed by atoms with E-state index in [0.717, 1.165) is 13.1 Å². The number of rotatable bonds is 5. The monoisotopic (exact) mass is 322 g/mol. The topological polar surface area (TPSA) is 29.3 Å². The van der Waals surface area contributed by atoms with Crippen LogP contribution in [-0.2, 0) is 6.54 Å². The molecule has 1 aliphatic rings. The van der Waals surface area contributed by atoms with Gasteiger partial charge in [0.2, 0.25) is 0 Å². The maximum absolute atomic E-state index is 6.17. The van der Waals surface area contributed by atoms with Gasteiger partial charge in [0.05, 0.1) is 0 Å². The van der Waals surface area contributed by atoms with Crippen LogP contribution >= 0.6 is 0 Å². The van der Waals surface area contributed by atoms with Gasteiger partial charge in [-0.2, -0.15) is 0 Å². The molecule has 1 atom stereocenters. The molecule has 1 heterocycles. The van der Waals surface area contributed by atoms with Crippen molar-refractivity contribution in [2.75, 3.05) is 19.6 Å². The molecule has 0 amide bonds. The van der Waals surface area contributed by atoms with E-state index in [4.69, 9.17) is 5.73 Å². The molecular weight excluding hydrogens is 292 g/mol. The molecule has 0 aliphatic carbocycles. The van der Waals surface area contributed by atoms with Crippen LogP contribution in [0.3, 0.4) is 0 Å². The first kappa shape index (κ1) is 17.2. The highest BCUT2D eigenvalue weighted by molar-refractivity contribution is 5.32. The van der Waals surface area contributed by atoms with Gasteiger partial charge in [0.1, 0.15) is 0 Å². The number of likely N-dealkylation sites (tertiary alicyclic amines) is 1. The Labute approximate surface area is 146 Å². The summed E-state index contributed by atoms with van der Waals surface area (Å²) in [6, 6.07) is 17.7. The van der Waals surface area contributed by atoms with Crippen LogP contribution in [-0.4, -0.2) is 24.5 Å². The molecule has 0 spiro atoms. The first-order chi connectivity index (χ1) is 11.7. The van der Waals surface area contributed by atoms with Crippen LogP contribution in [0.1, 0.15) is 41.0 Å². The van der Waals surface area contributed by atoms with E-state index in [0.29, 0.717) is 11.8 Å². The highest BCUT2D eigenvalue weighted by Crippen LogP contribution is 2.33. The standard InChI is InChI=1S/C22H30N2/c1-17-8-9-21(14-18(17)2)22(15-23)20-10-12-24(13-11-20)16-19-6-4-3-5-7-19/h3-9,14,20,22H,10-13,15-16,23H2,1-2H3. The van der Waals surface area contributed by atoms with E-state index in [2.05, 4.69) is 67.3 Å². The molecule has 1 fully saturated rings. The Kier molecular flexibility index (Phi) is 5.70. The van der Waals surface area contributed by atoms with Gasteiger partial charge in [-0.15, -0.1) is 0 Å². The summed E-state index contributed by atoms with van der Waals surface area (Å²) in [7, 11) is 0. The molecular formula is C22H30N2. The van der Waals surface area contributed by atoms with Crippen LogP contribution in [0.5, 0.6) is 0 Å². The minimum atomic E-state index is 0.503. The summed E-state index contributed by atoms with van der Waals surface area (Å²) < 4.78 is 0. The van der Waals surface area contributed by atoms with E-state index in [-0.39, 0.29) is 0 Å². The van der Waals surface area contributed by atoms with E-state index in [1.165, 1.54) is 48.2 Å². The Morgan fingerprint density at radius 1 is 1.00 bits per heavy atom. The summed E-state index contributed by atoms with van der Waals surface area (Å²) in [5.41, 5.74) is 11.8. The highest BCUT2D eigenvalue weighted by Gasteiger charge is 2.27. The minimum Gasteiger partial charge on any atom is -0.330 e. The van der Waals surface area contributed by atoms with Crippen molar-refractivity contribution in [2.45, 2.75) is 39.2 Å². The second-order valence-corrected chi connectivity index (χ2v) is 7.29. The summed E-state index contributed by atoms with van der Waals surface area (Å²) in [5, 5.41) is 0. The predicted octanol–water partition coefficient (Wildman–Crippen LogP) is 4.26. The largest absolute Gasteiger partial charge is 0.330 e. The molecule has 0 radical (unpaired) electrons. The quantitative estimate of drug-likeness (QED) is 0.891. The number of nitrogens with two attached hydrogens (primary N) is 1. The van der Waals surface area contributed by atoms with Crippen molar-refractivity contribution < 1.29 is 0 Å². The third kappa shape index (κ3) is 4.06. The maximum atomic E-state index is 6.17. The van der Waals surface area contributed by atoms with Gasteiger partial charge in [0.25, 0.3) is 0 Å². The van der Waals surface area contributed by atoms with E-state index in [9.17, 15) is 0 Å². The van der Waals surface area contributed by atoms with Gasteiger partial charge in [-0.1, -0.05) is 48.5 Å². The number of benzene rings is 2. The number of piperidine rings is 1. The minimum absolute atomic E-state index is 0.503. The molecule has 2 N–H and O–H groups in total. The van der Waals surface area contributed by atoms with Crippen molar-refractivity contribution in [1.29, 1.82) is 0 Å². The zero-order chi connectivity index (χ0) is 16.9. The zero-order valence-corrected chi connectivity index (χ0v) is 15.0. The lowest BCUT2D eigenvalue weighted by Gasteiger charge is -2.36. The Bertz CT molecular complexity index is 642. The predicted molar refractivity (Wildman–Crippen MR) is 102 cm³/mol. The summed E-state index contributed by atoms with van der Waals surface area (Å²) in [5.74, 6) is 1.22. The van der Waals surface area contributed by atoms with Crippen molar-refractivity contribution in [3.05, 3.63) is 70.8 Å². The Hall–Kier alpha value is -1.64. The van der Waals surface area contributed by atoms with Gasteiger partial charge >= 0.3 is 0 Å². The van der Waals surface area contributed by atoms with E-state index in [1.807, 2.05) is 0 Å². The van der Waals surface area contributed by atoms with Gasteiger partial charge in [0, 0.05) is 6.54 Å². The summed E-state index contributed by atoms with van der Waals surface area (Å²) in [6.45, 7) is 8.58. The molecule has 2 aromatic rings. The lowest BCUT2D eigenvalue weighted by molar-refractivity contribution is 0.163. The van der Waals surface area contributed by atoms with Crippen molar-refractivity contribution >= 4 is 0 Å². The van der Waals surface area contributed by atoms with Gasteiger partial charge in [0.15, 0.2) is 0 Å². The third-order valence-corrected chi connectivity index (χ3v) is 5.66. The molecule has 2 nitrogen and oxygen atoms in total. The molecule has 2 aromatic carbocycles. The highest BCUT2D eigenvalue weighted by atomic mass is 15.1. The second-order valence-electron chi connectivity index (χ2n) is 7.29. The van der Waals surface area contributed by atoms with E-state index < -0.39 is 0 Å². The molecule has 1 aliphatic heterocycles. The van der Waals surface area contributed by atoms with Crippen molar-refractivity contribution in [2.24, 2.45) is 11.7 Å². The summed E-state index contributed by atoms with van der Waals surface area (Å²) >= 11 is 0. The van der Waals surface area contributed by atoms with E-state index >= 15 is 0 Å². The SMILES string of the molecule is Cc1ccc(C(CN)C2CCN(Cc3ccccc3)CC2)cc1C. The van der Waals surface area contributed by atoms with Crippen molar-refractivity contribution in [1.82, 2.24) is 4.90 Å². The average molecular weight is 322 g/mol. The molecule has 0 bridgehead atoms. The number of aryl methyl sites for hydroxylation is 2. The van der Waals surface area contributed by atoms with Gasteiger partial charge in [-0.3, -0.25) is 4.90 Å². The van der Waals surface area contributed by atoms with Gasteiger partial charge in [-0.25, -0.2) is 0 Å². The molecule has 1 saturated heterocycles. The van der Waals surface area contributed by atoms with Crippen LogP contribution in [0.25, 0.3) is 0 Å². The summed E-state index contributed by atoms with van der Waals surface area (Å²) in [6.07, 6.45) is 2.50. The van der Waals surface area contributed by atoms with Gasteiger partial charge in [-0.05, 0) is 80.4 Å². The number of nitrogens with zero attached hydrogens (tertiary/aromatic N) is 1. The fourth-order valence-corrected chi connectivity index (χ4v) is 3.95. The summed E-state index contributed by atoms with van der Waals surface area (Å²) in [4.78, 5) is 2.58. The second kappa shape index (κ2) is 7.96. The number of hydrogen-bond donors (Lipinski definition) is 1. The Morgan fingerprint density at radius 3 is 2.33 bits per heavy atom. The van der Waals surface area contributed by atoms with E-state index in [1.54, 1.807) is 0 Å². The first-order valence-corrected chi connectivity index (χ1v) is 9.21. The molecule has 2 heteroatoms. The first-order valence-electron chi connectivity index (χ1n) is 9.21. The third-order valence-electron chi connectivity index (χ3n) is 5.66. The molecule has 128 valence electrons. The zero-order valence-electron chi connectivity index (χ0n) is 15.0. The molecule has 1 unspecified atom stereocenters. The normalized spacial score (nSPS) is 17.8. The molecule has 0 saturated carbocycles. The van der Waals surface area contributed by atoms with Gasteiger partial charge < -0.3 is 5.73 Å². The van der Waals surface area contributed by atoms with Crippen LogP contribution < -0.4 is 5.73 Å². The Balaban J connectivity index is 1.61. The van der Waals surface area contributed by atoms with Crippen molar-refractivity contribution in [3.8, 4) is 0 Å². The van der Waals surface area contributed by atoms with Crippen molar-refractivity contribution in [3.63, 3.8) is 0 Å². The maximum Gasteiger partial charge on any atom is 0.0233 e. The van der Waals surface area contributed by atoms with Crippen LogP contribution in [0.15, 0.2) is 48.5 Å². The van der Waals surface area contributed by atoms with Crippen LogP contribution in [0.4, 0.5) is 0 Å². The smallest absolute Gasteiger partial charge is 0.0233 e. The van der Waals surface area contributed by atoms with Crippen LogP contribution in [0.2, 0.25) is 0 Å². The molecule has 3 rings (SSSR count). The Morgan fingerprint density at radius 2 is 1.71 bits per heavy atom. The fourth-order valence-electron chi connectivity index (χ4n) is 3.95. The molecule has 24 heavy (non-hydrogen) atoms. The fraction of sp³-hybridized carbons (Fsp3) is 0.455.